The average Bonchev–Trinajstić information content (AvgIpc) is 2.76. The molecule has 1 saturated heterocycles. The van der Waals surface area contributed by atoms with Crippen molar-refractivity contribution in [3.05, 3.63) is 28.8 Å². The minimum Gasteiger partial charge on any atom is -0.444 e. The molecule has 1 heterocycles. The molecule has 1 aromatic rings. The molecule has 21 heavy (non-hydrogen) atoms. The minimum absolute atomic E-state index is 0.419. The number of likely N-dealkylation sites (tertiary alicyclic amines) is 1. The number of hydrogen-bond donors (Lipinski definition) is 1. The molecule has 0 aromatic heterocycles. The molecule has 1 aliphatic heterocycles. The van der Waals surface area contributed by atoms with Crippen LogP contribution in [0.1, 0.15) is 38.7 Å². The standard InChI is InChI=1S/C16H23ClN2O2/c1-16(2,3)21-15(20)18-12-5-6-14(17)13(9-12)11-7-8-19(4)10-11/h5-6,9,11H,7-8,10H2,1-4H3,(H,18,20). The monoisotopic (exact) mass is 310 g/mol. The lowest BCUT2D eigenvalue weighted by atomic mass is 9.98. The number of likely N-dealkylation sites (N-methyl/N-ethyl adjacent to an activating group) is 1. The summed E-state index contributed by atoms with van der Waals surface area (Å²) < 4.78 is 5.26. The lowest BCUT2D eigenvalue weighted by molar-refractivity contribution is 0.0636. The van der Waals surface area contributed by atoms with E-state index < -0.39 is 11.7 Å². The van der Waals surface area contributed by atoms with Crippen LogP contribution in [-0.4, -0.2) is 36.7 Å². The Bertz CT molecular complexity index is 525. The third-order valence-electron chi connectivity index (χ3n) is 3.47. The van der Waals surface area contributed by atoms with Crippen LogP contribution in [0.3, 0.4) is 0 Å². The van der Waals surface area contributed by atoms with Crippen molar-refractivity contribution < 1.29 is 9.53 Å². The van der Waals surface area contributed by atoms with E-state index in [1.165, 1.54) is 0 Å². The molecule has 5 heteroatoms. The minimum atomic E-state index is -0.506. The van der Waals surface area contributed by atoms with Crippen LogP contribution < -0.4 is 5.32 Å². The predicted octanol–water partition coefficient (Wildman–Crippen LogP) is 4.11. The molecule has 0 saturated carbocycles. The third kappa shape index (κ3) is 4.61. The van der Waals surface area contributed by atoms with Crippen LogP contribution in [-0.2, 0) is 4.74 Å². The van der Waals surface area contributed by atoms with Crippen molar-refractivity contribution in [3.8, 4) is 0 Å². The third-order valence-corrected chi connectivity index (χ3v) is 3.82. The molecule has 1 unspecified atom stereocenters. The average molecular weight is 311 g/mol. The summed E-state index contributed by atoms with van der Waals surface area (Å²) in [7, 11) is 2.11. The molecule has 1 N–H and O–H groups in total. The van der Waals surface area contributed by atoms with Gasteiger partial charge in [0.1, 0.15) is 5.60 Å². The predicted molar refractivity (Wildman–Crippen MR) is 86.2 cm³/mol. The summed E-state index contributed by atoms with van der Waals surface area (Å²) in [6, 6.07) is 5.59. The maximum absolute atomic E-state index is 11.8. The quantitative estimate of drug-likeness (QED) is 0.894. The van der Waals surface area contributed by atoms with Gasteiger partial charge in [-0.05, 0) is 70.5 Å². The first-order valence-electron chi connectivity index (χ1n) is 7.22. The fourth-order valence-electron chi connectivity index (χ4n) is 2.54. The van der Waals surface area contributed by atoms with Gasteiger partial charge in [0.2, 0.25) is 0 Å². The number of amides is 1. The molecule has 1 fully saturated rings. The van der Waals surface area contributed by atoms with Gasteiger partial charge < -0.3 is 9.64 Å². The zero-order chi connectivity index (χ0) is 15.6. The maximum atomic E-state index is 11.8. The molecular formula is C16H23ClN2O2. The summed E-state index contributed by atoms with van der Waals surface area (Å²) >= 11 is 6.30. The van der Waals surface area contributed by atoms with Crippen LogP contribution in [0.25, 0.3) is 0 Å². The van der Waals surface area contributed by atoms with Crippen molar-refractivity contribution >= 4 is 23.4 Å². The van der Waals surface area contributed by atoms with Crippen LogP contribution in [0.4, 0.5) is 10.5 Å². The zero-order valence-electron chi connectivity index (χ0n) is 13.1. The van der Waals surface area contributed by atoms with Crippen LogP contribution >= 0.6 is 11.6 Å². The van der Waals surface area contributed by atoms with E-state index in [4.69, 9.17) is 16.3 Å². The van der Waals surface area contributed by atoms with E-state index >= 15 is 0 Å². The Hall–Kier alpha value is -1.26. The summed E-state index contributed by atoms with van der Waals surface area (Å²) in [4.78, 5) is 14.1. The highest BCUT2D eigenvalue weighted by Crippen LogP contribution is 2.33. The van der Waals surface area contributed by atoms with Gasteiger partial charge in [0, 0.05) is 17.3 Å². The second-order valence-electron chi connectivity index (χ2n) is 6.61. The Balaban J connectivity index is 2.10. The molecule has 1 atom stereocenters. The van der Waals surface area contributed by atoms with Crippen molar-refractivity contribution in [3.63, 3.8) is 0 Å². The first-order chi connectivity index (χ1) is 9.74. The highest BCUT2D eigenvalue weighted by atomic mass is 35.5. The van der Waals surface area contributed by atoms with E-state index in [1.54, 1.807) is 6.07 Å². The first kappa shape index (κ1) is 16.1. The number of nitrogens with zero attached hydrogens (tertiary/aromatic N) is 1. The molecule has 116 valence electrons. The number of anilines is 1. The Labute approximate surface area is 131 Å². The van der Waals surface area contributed by atoms with Gasteiger partial charge in [0.05, 0.1) is 0 Å². The number of rotatable bonds is 2. The van der Waals surface area contributed by atoms with E-state index in [9.17, 15) is 4.79 Å². The van der Waals surface area contributed by atoms with E-state index in [1.807, 2.05) is 32.9 Å². The van der Waals surface area contributed by atoms with E-state index in [2.05, 4.69) is 17.3 Å². The number of halogens is 1. The molecule has 0 aliphatic carbocycles. The Kier molecular flexibility index (Phi) is 4.79. The second kappa shape index (κ2) is 6.24. The fraction of sp³-hybridized carbons (Fsp3) is 0.562. The number of benzene rings is 1. The summed E-state index contributed by atoms with van der Waals surface area (Å²) in [6.07, 6.45) is 0.644. The zero-order valence-corrected chi connectivity index (χ0v) is 13.8. The van der Waals surface area contributed by atoms with Crippen molar-refractivity contribution in [1.29, 1.82) is 0 Å². The maximum Gasteiger partial charge on any atom is 0.412 e. The van der Waals surface area contributed by atoms with Crippen molar-refractivity contribution in [2.24, 2.45) is 0 Å². The number of hydrogen-bond acceptors (Lipinski definition) is 3. The number of carbonyl (C=O) groups is 1. The summed E-state index contributed by atoms with van der Waals surface area (Å²) in [5.74, 6) is 0.419. The van der Waals surface area contributed by atoms with E-state index in [0.29, 0.717) is 5.92 Å². The van der Waals surface area contributed by atoms with Crippen molar-refractivity contribution in [2.75, 3.05) is 25.5 Å². The molecule has 0 bridgehead atoms. The molecule has 1 aliphatic rings. The summed E-state index contributed by atoms with van der Waals surface area (Å²) in [5.41, 5.74) is 1.31. The summed E-state index contributed by atoms with van der Waals surface area (Å²) in [5, 5.41) is 3.52. The van der Waals surface area contributed by atoms with Gasteiger partial charge in [0.15, 0.2) is 0 Å². The SMILES string of the molecule is CN1CCC(c2cc(NC(=O)OC(C)(C)C)ccc2Cl)C1. The number of carbonyl (C=O) groups excluding carboxylic acids is 1. The van der Waals surface area contributed by atoms with Gasteiger partial charge in [-0.15, -0.1) is 0 Å². The lowest BCUT2D eigenvalue weighted by Gasteiger charge is -2.20. The van der Waals surface area contributed by atoms with E-state index in [-0.39, 0.29) is 0 Å². The van der Waals surface area contributed by atoms with Crippen LogP contribution in [0.2, 0.25) is 5.02 Å². The van der Waals surface area contributed by atoms with Gasteiger partial charge in [0.25, 0.3) is 0 Å². The fourth-order valence-corrected chi connectivity index (χ4v) is 2.82. The molecule has 2 rings (SSSR count). The van der Waals surface area contributed by atoms with Gasteiger partial charge in [-0.3, -0.25) is 5.32 Å². The summed E-state index contributed by atoms with van der Waals surface area (Å²) in [6.45, 7) is 7.59. The first-order valence-corrected chi connectivity index (χ1v) is 7.60. The molecule has 1 amide bonds. The van der Waals surface area contributed by atoms with Crippen molar-refractivity contribution in [2.45, 2.75) is 38.7 Å². The smallest absolute Gasteiger partial charge is 0.412 e. The van der Waals surface area contributed by atoms with Gasteiger partial charge in [-0.25, -0.2) is 4.79 Å². The highest BCUT2D eigenvalue weighted by molar-refractivity contribution is 6.31. The molecule has 1 aromatic carbocycles. The molecule has 0 radical (unpaired) electrons. The Morgan fingerprint density at radius 1 is 1.43 bits per heavy atom. The van der Waals surface area contributed by atoms with Gasteiger partial charge in [-0.1, -0.05) is 11.6 Å². The molecular weight excluding hydrogens is 288 g/mol. The van der Waals surface area contributed by atoms with Crippen molar-refractivity contribution in [1.82, 2.24) is 4.90 Å². The van der Waals surface area contributed by atoms with Gasteiger partial charge >= 0.3 is 6.09 Å². The Morgan fingerprint density at radius 3 is 2.71 bits per heavy atom. The Morgan fingerprint density at radius 2 is 2.14 bits per heavy atom. The topological polar surface area (TPSA) is 41.6 Å². The van der Waals surface area contributed by atoms with Gasteiger partial charge in [-0.2, -0.15) is 0 Å². The molecule has 4 nitrogen and oxygen atoms in total. The second-order valence-corrected chi connectivity index (χ2v) is 7.02. The van der Waals surface area contributed by atoms with Crippen LogP contribution in [0.5, 0.6) is 0 Å². The number of ether oxygens (including phenoxy) is 1. The largest absolute Gasteiger partial charge is 0.444 e. The lowest BCUT2D eigenvalue weighted by Crippen LogP contribution is -2.27. The van der Waals surface area contributed by atoms with Crippen LogP contribution in [0, 0.1) is 0 Å². The van der Waals surface area contributed by atoms with Crippen LogP contribution in [0.15, 0.2) is 18.2 Å². The normalized spacial score (nSPS) is 19.6. The molecule has 0 spiro atoms. The highest BCUT2D eigenvalue weighted by Gasteiger charge is 2.24. The van der Waals surface area contributed by atoms with E-state index in [0.717, 1.165) is 35.8 Å². The number of nitrogens with one attached hydrogen (secondary N) is 1.